The Balaban J connectivity index is 1.69. The van der Waals surface area contributed by atoms with E-state index in [0.717, 1.165) is 0 Å². The van der Waals surface area contributed by atoms with Crippen LogP contribution in [0.1, 0.15) is 11.3 Å². The van der Waals surface area contributed by atoms with E-state index in [0.29, 0.717) is 27.5 Å². The first kappa shape index (κ1) is 17.5. The van der Waals surface area contributed by atoms with E-state index >= 15 is 0 Å². The zero-order chi connectivity index (χ0) is 19.7. The van der Waals surface area contributed by atoms with Gasteiger partial charge in [-0.1, -0.05) is 5.92 Å². The lowest BCUT2D eigenvalue weighted by Gasteiger charge is -1.99. The molecule has 28 heavy (non-hydrogen) atoms. The summed E-state index contributed by atoms with van der Waals surface area (Å²) in [6.45, 7) is 0. The van der Waals surface area contributed by atoms with Crippen molar-refractivity contribution in [1.29, 1.82) is 0 Å². The zero-order valence-electron chi connectivity index (χ0n) is 13.8. The molecule has 0 atom stereocenters. The van der Waals surface area contributed by atoms with Crippen molar-refractivity contribution >= 4 is 28.6 Å². The Bertz CT molecular complexity index is 1290. The normalized spacial score (nSPS) is 10.5. The van der Waals surface area contributed by atoms with Gasteiger partial charge < -0.3 is 5.11 Å². The molecule has 0 aliphatic rings. The van der Waals surface area contributed by atoms with E-state index in [1.165, 1.54) is 24.5 Å². The molecular formula is C18H8ClFN6O2. The van der Waals surface area contributed by atoms with E-state index in [4.69, 9.17) is 16.7 Å². The van der Waals surface area contributed by atoms with Crippen molar-refractivity contribution in [3.63, 3.8) is 0 Å². The maximum atomic E-state index is 13.9. The third kappa shape index (κ3) is 3.36. The largest absolute Gasteiger partial charge is 0.463 e. The predicted octanol–water partition coefficient (Wildman–Crippen LogP) is 3.00. The molecule has 0 aliphatic carbocycles. The van der Waals surface area contributed by atoms with Gasteiger partial charge in [-0.2, -0.15) is 9.07 Å². The molecule has 3 heterocycles. The molecule has 136 valence electrons. The second-order valence-electron chi connectivity index (χ2n) is 5.44. The van der Waals surface area contributed by atoms with Crippen LogP contribution in [0.25, 0.3) is 22.4 Å². The Labute approximate surface area is 161 Å². The number of rotatable bonds is 1. The zero-order valence-corrected chi connectivity index (χ0v) is 14.6. The number of benzene rings is 1. The van der Waals surface area contributed by atoms with Crippen LogP contribution in [-0.4, -0.2) is 40.9 Å². The highest BCUT2D eigenvalue weighted by Crippen LogP contribution is 2.19. The van der Waals surface area contributed by atoms with Crippen LogP contribution in [0.4, 0.5) is 9.18 Å². The molecule has 0 unspecified atom stereocenters. The van der Waals surface area contributed by atoms with Crippen molar-refractivity contribution in [2.45, 2.75) is 0 Å². The highest BCUT2D eigenvalue weighted by atomic mass is 35.5. The minimum atomic E-state index is -1.37. The minimum Gasteiger partial charge on any atom is -0.463 e. The Morgan fingerprint density at radius 1 is 1.11 bits per heavy atom. The summed E-state index contributed by atoms with van der Waals surface area (Å²) >= 11 is 5.78. The highest BCUT2D eigenvalue weighted by Gasteiger charge is 2.14. The van der Waals surface area contributed by atoms with Crippen molar-refractivity contribution in [2.75, 3.05) is 0 Å². The Kier molecular flexibility index (Phi) is 4.39. The molecule has 0 fully saturated rings. The first-order valence-corrected chi connectivity index (χ1v) is 8.14. The van der Waals surface area contributed by atoms with Gasteiger partial charge in [-0.15, -0.1) is 5.10 Å². The van der Waals surface area contributed by atoms with Gasteiger partial charge in [0.2, 0.25) is 11.2 Å². The summed E-state index contributed by atoms with van der Waals surface area (Å²) in [5, 5.41) is 12.5. The average Bonchev–Trinajstić information content (AvgIpc) is 3.03. The fraction of sp³-hybridized carbons (Fsp3) is 0. The molecule has 1 N–H and O–H groups in total. The van der Waals surface area contributed by atoms with Crippen LogP contribution in [0, 0.1) is 17.8 Å². The fourth-order valence-corrected chi connectivity index (χ4v) is 2.60. The summed E-state index contributed by atoms with van der Waals surface area (Å²) in [7, 11) is 0. The quantitative estimate of drug-likeness (QED) is 0.390. The van der Waals surface area contributed by atoms with Crippen LogP contribution in [0.5, 0.6) is 0 Å². The van der Waals surface area contributed by atoms with Crippen LogP contribution in [-0.2, 0) is 0 Å². The minimum absolute atomic E-state index is 0.0632. The summed E-state index contributed by atoms with van der Waals surface area (Å²) in [5.41, 5.74) is 1.48. The smallest absolute Gasteiger partial charge is 0.432 e. The lowest BCUT2D eigenvalue weighted by Crippen LogP contribution is -2.09. The van der Waals surface area contributed by atoms with Crippen molar-refractivity contribution < 1.29 is 14.3 Å². The molecule has 4 aromatic rings. The lowest BCUT2D eigenvalue weighted by atomic mass is 10.1. The molecule has 0 amide bonds. The molecule has 0 bridgehead atoms. The number of halogens is 2. The van der Waals surface area contributed by atoms with Gasteiger partial charge in [0.25, 0.3) is 0 Å². The van der Waals surface area contributed by atoms with Crippen LogP contribution in [0.15, 0.2) is 42.7 Å². The van der Waals surface area contributed by atoms with E-state index < -0.39 is 12.0 Å². The maximum absolute atomic E-state index is 13.9. The van der Waals surface area contributed by atoms with Gasteiger partial charge in [0.1, 0.15) is 11.4 Å². The maximum Gasteiger partial charge on any atom is 0.432 e. The van der Waals surface area contributed by atoms with Crippen LogP contribution >= 0.6 is 11.6 Å². The summed E-state index contributed by atoms with van der Waals surface area (Å²) < 4.78 is 14.5. The number of carboxylic acid groups (broad SMARTS) is 1. The predicted molar refractivity (Wildman–Crippen MR) is 97.2 cm³/mol. The topological polar surface area (TPSA) is 107 Å². The molecular weight excluding hydrogens is 387 g/mol. The first-order valence-electron chi connectivity index (χ1n) is 7.77. The third-order valence-electron chi connectivity index (χ3n) is 3.66. The summed E-state index contributed by atoms with van der Waals surface area (Å²) in [5.74, 6) is 5.16. The summed E-state index contributed by atoms with van der Waals surface area (Å²) in [6.07, 6.45) is 1.65. The van der Waals surface area contributed by atoms with Gasteiger partial charge in [-0.25, -0.2) is 24.7 Å². The second-order valence-corrected chi connectivity index (χ2v) is 5.78. The SMILES string of the molecule is O=C(O)n1nc(F)c2cc(C#Cc3ccnc(-c4ccnc(Cl)n4)n3)ccc21. The number of nitrogens with zero attached hydrogens (tertiary/aromatic N) is 6. The molecule has 1 aromatic carbocycles. The molecule has 0 spiro atoms. The first-order chi connectivity index (χ1) is 13.5. The van der Waals surface area contributed by atoms with E-state index in [2.05, 4.69) is 36.9 Å². The molecule has 10 heteroatoms. The van der Waals surface area contributed by atoms with E-state index in [-0.39, 0.29) is 16.2 Å². The van der Waals surface area contributed by atoms with Crippen LogP contribution < -0.4 is 0 Å². The van der Waals surface area contributed by atoms with Gasteiger partial charge in [-0.3, -0.25) is 0 Å². The lowest BCUT2D eigenvalue weighted by molar-refractivity contribution is 0.193. The standard InChI is InChI=1S/C18H8ClFN6O2/c19-17-22-8-6-13(24-17)16-21-7-5-11(23-16)3-1-10-2-4-14-12(9-10)15(20)25-26(14)18(27)28/h2,4-9H,(H,27,28). The fourth-order valence-electron chi connectivity index (χ4n) is 2.45. The van der Waals surface area contributed by atoms with Gasteiger partial charge >= 0.3 is 6.09 Å². The number of aromatic nitrogens is 6. The average molecular weight is 395 g/mol. The number of carbonyl (C=O) groups is 1. The van der Waals surface area contributed by atoms with Crippen molar-refractivity contribution in [3.05, 3.63) is 65.2 Å². The van der Waals surface area contributed by atoms with Crippen LogP contribution in [0.3, 0.4) is 0 Å². The van der Waals surface area contributed by atoms with E-state index in [1.807, 2.05) is 0 Å². The molecule has 8 nitrogen and oxygen atoms in total. The van der Waals surface area contributed by atoms with Crippen molar-refractivity contribution in [2.24, 2.45) is 0 Å². The molecule has 3 aromatic heterocycles. The van der Waals surface area contributed by atoms with Crippen LogP contribution in [0.2, 0.25) is 5.28 Å². The van der Waals surface area contributed by atoms with E-state index in [1.54, 1.807) is 18.2 Å². The monoisotopic (exact) mass is 394 g/mol. The molecule has 0 saturated heterocycles. The Hall–Kier alpha value is -3.90. The third-order valence-corrected chi connectivity index (χ3v) is 3.84. The molecule has 0 aliphatic heterocycles. The number of hydrogen-bond donors (Lipinski definition) is 1. The van der Waals surface area contributed by atoms with Crippen molar-refractivity contribution in [3.8, 4) is 23.4 Å². The molecule has 0 radical (unpaired) electrons. The van der Waals surface area contributed by atoms with E-state index in [9.17, 15) is 9.18 Å². The molecule has 4 rings (SSSR count). The van der Waals surface area contributed by atoms with Gasteiger partial charge in [0, 0.05) is 18.0 Å². The Morgan fingerprint density at radius 3 is 2.71 bits per heavy atom. The second kappa shape index (κ2) is 7.02. The molecule has 0 saturated carbocycles. The Morgan fingerprint density at radius 2 is 1.93 bits per heavy atom. The summed E-state index contributed by atoms with van der Waals surface area (Å²) in [6, 6.07) is 7.67. The van der Waals surface area contributed by atoms with Crippen molar-refractivity contribution in [1.82, 2.24) is 29.7 Å². The summed E-state index contributed by atoms with van der Waals surface area (Å²) in [4.78, 5) is 27.4. The van der Waals surface area contributed by atoms with Gasteiger partial charge in [-0.05, 0) is 47.9 Å². The highest BCUT2D eigenvalue weighted by molar-refractivity contribution is 6.28. The van der Waals surface area contributed by atoms with Gasteiger partial charge in [0.15, 0.2) is 5.82 Å². The number of hydrogen-bond acceptors (Lipinski definition) is 6. The van der Waals surface area contributed by atoms with Gasteiger partial charge in [0.05, 0.1) is 10.9 Å². The number of fused-ring (bicyclic) bond motifs is 1.